The number of nitrogens with one attached hydrogen (secondary N) is 1. The van der Waals surface area contributed by atoms with Gasteiger partial charge in [-0.15, -0.1) is 0 Å². The fourth-order valence-corrected chi connectivity index (χ4v) is 3.71. The maximum absolute atomic E-state index is 12.2. The van der Waals surface area contributed by atoms with Gasteiger partial charge in [-0.1, -0.05) is 59.6 Å². The molecule has 1 amide bonds. The zero-order valence-electron chi connectivity index (χ0n) is 15.3. The number of rotatable bonds is 7. The van der Waals surface area contributed by atoms with Gasteiger partial charge >= 0.3 is 0 Å². The van der Waals surface area contributed by atoms with Crippen LogP contribution in [0.2, 0.25) is 10.0 Å². The molecule has 1 saturated heterocycles. The smallest absolute Gasteiger partial charge is 0.234 e. The van der Waals surface area contributed by atoms with Crippen molar-refractivity contribution in [1.82, 2.24) is 15.1 Å². The van der Waals surface area contributed by atoms with Crippen LogP contribution in [0.4, 0.5) is 0 Å². The van der Waals surface area contributed by atoms with E-state index in [9.17, 15) is 4.79 Å². The second-order valence-electron chi connectivity index (χ2n) is 6.87. The van der Waals surface area contributed by atoms with Crippen molar-refractivity contribution in [1.29, 1.82) is 0 Å². The zero-order chi connectivity index (χ0) is 19.1. The highest BCUT2D eigenvalue weighted by Crippen LogP contribution is 2.22. The summed E-state index contributed by atoms with van der Waals surface area (Å²) in [6.45, 7) is 5.58. The number of hydrogen-bond acceptors (Lipinski definition) is 3. The quantitative estimate of drug-likeness (QED) is 0.765. The Balaban J connectivity index is 1.35. The van der Waals surface area contributed by atoms with Crippen molar-refractivity contribution in [2.24, 2.45) is 0 Å². The van der Waals surface area contributed by atoms with Crippen molar-refractivity contribution < 1.29 is 4.79 Å². The standard InChI is InChI=1S/C21H25Cl2N3O/c22-19-7-6-18(20(23)14-19)15-25-10-12-26(13-11-25)16-21(27)24-9-8-17-4-2-1-3-5-17/h1-7,14H,8-13,15-16H2,(H,24,27). The Bertz CT molecular complexity index is 746. The second-order valence-corrected chi connectivity index (χ2v) is 7.72. The van der Waals surface area contributed by atoms with E-state index in [1.54, 1.807) is 6.07 Å². The third-order valence-electron chi connectivity index (χ3n) is 4.82. The molecule has 2 aromatic carbocycles. The molecule has 1 aliphatic heterocycles. The van der Waals surface area contributed by atoms with Gasteiger partial charge in [0, 0.05) is 49.3 Å². The maximum atomic E-state index is 12.2. The van der Waals surface area contributed by atoms with Crippen LogP contribution in [0.5, 0.6) is 0 Å². The zero-order valence-corrected chi connectivity index (χ0v) is 16.8. The van der Waals surface area contributed by atoms with E-state index in [2.05, 4.69) is 27.2 Å². The van der Waals surface area contributed by atoms with Crippen molar-refractivity contribution in [3.63, 3.8) is 0 Å². The number of nitrogens with zero attached hydrogens (tertiary/aromatic N) is 2. The first-order chi connectivity index (χ1) is 13.1. The second kappa shape index (κ2) is 10.1. The van der Waals surface area contributed by atoms with Gasteiger partial charge in [0.2, 0.25) is 5.91 Å². The Morgan fingerprint density at radius 3 is 2.37 bits per heavy atom. The minimum atomic E-state index is 0.0973. The van der Waals surface area contributed by atoms with Crippen molar-refractivity contribution >= 4 is 29.1 Å². The van der Waals surface area contributed by atoms with Crippen LogP contribution in [0.3, 0.4) is 0 Å². The molecule has 2 aromatic rings. The first-order valence-corrected chi connectivity index (χ1v) is 10.0. The molecule has 0 saturated carbocycles. The lowest BCUT2D eigenvalue weighted by atomic mass is 10.1. The largest absolute Gasteiger partial charge is 0.355 e. The number of carbonyl (C=O) groups is 1. The molecule has 1 heterocycles. The highest BCUT2D eigenvalue weighted by Gasteiger charge is 2.19. The van der Waals surface area contributed by atoms with Crippen molar-refractivity contribution in [2.45, 2.75) is 13.0 Å². The summed E-state index contributed by atoms with van der Waals surface area (Å²) in [7, 11) is 0. The third-order valence-corrected chi connectivity index (χ3v) is 5.41. The first kappa shape index (κ1) is 20.2. The number of carbonyl (C=O) groups excluding carboxylic acids is 1. The monoisotopic (exact) mass is 405 g/mol. The van der Waals surface area contributed by atoms with Crippen LogP contribution in [0.25, 0.3) is 0 Å². The highest BCUT2D eigenvalue weighted by atomic mass is 35.5. The molecule has 0 spiro atoms. The molecule has 0 bridgehead atoms. The van der Waals surface area contributed by atoms with Crippen molar-refractivity contribution in [3.05, 3.63) is 69.7 Å². The molecule has 144 valence electrons. The minimum absolute atomic E-state index is 0.0973. The van der Waals surface area contributed by atoms with Gasteiger partial charge < -0.3 is 5.32 Å². The van der Waals surface area contributed by atoms with Crippen LogP contribution in [0, 0.1) is 0 Å². The molecule has 1 aliphatic rings. The summed E-state index contributed by atoms with van der Waals surface area (Å²) in [5.74, 6) is 0.0973. The van der Waals surface area contributed by atoms with Crippen LogP contribution < -0.4 is 5.32 Å². The minimum Gasteiger partial charge on any atom is -0.355 e. The fourth-order valence-electron chi connectivity index (χ4n) is 3.25. The van der Waals surface area contributed by atoms with Crippen LogP contribution >= 0.6 is 23.2 Å². The molecule has 1 fully saturated rings. The lowest BCUT2D eigenvalue weighted by molar-refractivity contribution is -0.122. The first-order valence-electron chi connectivity index (χ1n) is 9.29. The van der Waals surface area contributed by atoms with Crippen LogP contribution in [0.1, 0.15) is 11.1 Å². The molecular formula is C21H25Cl2N3O. The summed E-state index contributed by atoms with van der Waals surface area (Å²) in [6.07, 6.45) is 0.863. The molecule has 4 nitrogen and oxygen atoms in total. The van der Waals surface area contributed by atoms with E-state index in [1.165, 1.54) is 5.56 Å². The number of amides is 1. The normalized spacial score (nSPS) is 15.6. The summed E-state index contributed by atoms with van der Waals surface area (Å²) in [6, 6.07) is 15.9. The fraction of sp³-hybridized carbons (Fsp3) is 0.381. The molecule has 1 N–H and O–H groups in total. The van der Waals surface area contributed by atoms with Gasteiger partial charge in [0.15, 0.2) is 0 Å². The van der Waals surface area contributed by atoms with Gasteiger partial charge in [-0.05, 0) is 29.7 Å². The van der Waals surface area contributed by atoms with E-state index >= 15 is 0 Å². The van der Waals surface area contributed by atoms with Gasteiger partial charge in [0.1, 0.15) is 0 Å². The van der Waals surface area contributed by atoms with E-state index in [-0.39, 0.29) is 5.91 Å². The average molecular weight is 406 g/mol. The average Bonchev–Trinajstić information content (AvgIpc) is 2.66. The Hall–Kier alpha value is -1.59. The van der Waals surface area contributed by atoms with Gasteiger partial charge in [0.25, 0.3) is 0 Å². The summed E-state index contributed by atoms with van der Waals surface area (Å²) < 4.78 is 0. The lowest BCUT2D eigenvalue weighted by Gasteiger charge is -2.34. The summed E-state index contributed by atoms with van der Waals surface area (Å²) in [4.78, 5) is 16.7. The highest BCUT2D eigenvalue weighted by molar-refractivity contribution is 6.35. The van der Waals surface area contributed by atoms with Gasteiger partial charge in [-0.25, -0.2) is 0 Å². The van der Waals surface area contributed by atoms with E-state index < -0.39 is 0 Å². The predicted octanol–water partition coefficient (Wildman–Crippen LogP) is 3.47. The number of benzene rings is 2. The molecule has 0 aliphatic carbocycles. The van der Waals surface area contributed by atoms with Gasteiger partial charge in [0.05, 0.1) is 6.54 Å². The van der Waals surface area contributed by atoms with E-state index in [0.717, 1.165) is 44.7 Å². The molecule has 3 rings (SSSR count). The van der Waals surface area contributed by atoms with Gasteiger partial charge in [-0.2, -0.15) is 0 Å². The van der Waals surface area contributed by atoms with Crippen LogP contribution in [-0.4, -0.2) is 55.0 Å². The lowest BCUT2D eigenvalue weighted by Crippen LogP contribution is -2.49. The topological polar surface area (TPSA) is 35.6 Å². The van der Waals surface area contributed by atoms with Crippen LogP contribution in [-0.2, 0) is 17.8 Å². The van der Waals surface area contributed by atoms with E-state index in [1.807, 2.05) is 30.3 Å². The molecule has 0 aromatic heterocycles. The van der Waals surface area contributed by atoms with Crippen molar-refractivity contribution in [2.75, 3.05) is 39.3 Å². The number of piperazine rings is 1. The third kappa shape index (κ3) is 6.51. The molecule has 6 heteroatoms. The number of hydrogen-bond donors (Lipinski definition) is 1. The summed E-state index contributed by atoms with van der Waals surface area (Å²) in [5, 5.41) is 4.39. The summed E-state index contributed by atoms with van der Waals surface area (Å²) >= 11 is 12.2. The van der Waals surface area contributed by atoms with Crippen LogP contribution in [0.15, 0.2) is 48.5 Å². The SMILES string of the molecule is O=C(CN1CCN(Cc2ccc(Cl)cc2Cl)CC1)NCCc1ccccc1. The van der Waals surface area contributed by atoms with Crippen molar-refractivity contribution in [3.8, 4) is 0 Å². The van der Waals surface area contributed by atoms with E-state index in [4.69, 9.17) is 23.2 Å². The Morgan fingerprint density at radius 1 is 0.963 bits per heavy atom. The predicted molar refractivity (Wildman–Crippen MR) is 111 cm³/mol. The number of halogens is 2. The Labute approximate surface area is 171 Å². The van der Waals surface area contributed by atoms with Gasteiger partial charge in [-0.3, -0.25) is 14.6 Å². The molecular weight excluding hydrogens is 381 g/mol. The Morgan fingerprint density at radius 2 is 1.67 bits per heavy atom. The molecule has 0 radical (unpaired) electrons. The molecule has 0 atom stereocenters. The Kier molecular flexibility index (Phi) is 7.53. The molecule has 0 unspecified atom stereocenters. The summed E-state index contributed by atoms with van der Waals surface area (Å²) in [5.41, 5.74) is 2.33. The van der Waals surface area contributed by atoms with E-state index in [0.29, 0.717) is 23.1 Å². The maximum Gasteiger partial charge on any atom is 0.234 e. The molecule has 27 heavy (non-hydrogen) atoms.